The molecule has 1 saturated carbocycles. The van der Waals surface area contributed by atoms with Gasteiger partial charge in [-0.05, 0) is 32.1 Å². The molecule has 0 aromatic carbocycles. The van der Waals surface area contributed by atoms with Gasteiger partial charge in [0.2, 0.25) is 5.91 Å². The third-order valence-electron chi connectivity index (χ3n) is 3.60. The van der Waals surface area contributed by atoms with Gasteiger partial charge in [-0.15, -0.1) is 0 Å². The van der Waals surface area contributed by atoms with E-state index in [1.807, 2.05) is 6.92 Å². The third-order valence-corrected chi connectivity index (χ3v) is 4.48. The van der Waals surface area contributed by atoms with Gasteiger partial charge in [0.15, 0.2) is 0 Å². The van der Waals surface area contributed by atoms with Crippen LogP contribution in [0, 0.1) is 12.8 Å². The van der Waals surface area contributed by atoms with Crippen molar-refractivity contribution in [3.8, 4) is 0 Å². The van der Waals surface area contributed by atoms with Gasteiger partial charge in [0.05, 0.1) is 0 Å². The summed E-state index contributed by atoms with van der Waals surface area (Å²) >= 11 is 1.16. The van der Waals surface area contributed by atoms with Crippen molar-refractivity contribution in [3.63, 3.8) is 0 Å². The fraction of sp³-hybridized carbons (Fsp3) is 0.643. The van der Waals surface area contributed by atoms with E-state index in [1.54, 1.807) is 9.95 Å². The molecule has 0 atom stereocenters. The molecule has 2 rings (SSSR count). The van der Waals surface area contributed by atoms with E-state index in [-0.39, 0.29) is 23.7 Å². The number of nitrogens with zero attached hydrogens (tertiary/aromatic N) is 2. The Bertz CT molecular complexity index is 574. The molecule has 1 aromatic rings. The SMILES string of the molecule is Cc1csc(=O)n1CCCC(=O)N(CC(=O)O)CC1CC1. The first-order valence-corrected chi connectivity index (χ1v) is 8.00. The Morgan fingerprint density at radius 2 is 2.19 bits per heavy atom. The number of carboxylic acids is 1. The molecule has 0 unspecified atom stereocenters. The molecule has 0 saturated heterocycles. The Labute approximate surface area is 127 Å². The highest BCUT2D eigenvalue weighted by Crippen LogP contribution is 2.29. The van der Waals surface area contributed by atoms with Crippen LogP contribution >= 0.6 is 11.3 Å². The summed E-state index contributed by atoms with van der Waals surface area (Å²) in [4.78, 5) is 35.9. The minimum absolute atomic E-state index is 0.0136. The van der Waals surface area contributed by atoms with E-state index in [0.717, 1.165) is 29.9 Å². The summed E-state index contributed by atoms with van der Waals surface area (Å²) < 4.78 is 1.65. The third kappa shape index (κ3) is 4.70. The molecule has 0 radical (unpaired) electrons. The number of thiazole rings is 1. The molecule has 1 fully saturated rings. The Kier molecular flexibility index (Phi) is 5.17. The molecular formula is C14H20N2O4S. The second-order valence-corrected chi connectivity index (χ2v) is 6.33. The number of carboxylic acid groups (broad SMARTS) is 1. The van der Waals surface area contributed by atoms with Crippen LogP contribution in [-0.2, 0) is 16.1 Å². The van der Waals surface area contributed by atoms with Gasteiger partial charge in [-0.2, -0.15) is 0 Å². The molecule has 7 heteroatoms. The largest absolute Gasteiger partial charge is 0.480 e. The maximum atomic E-state index is 12.1. The van der Waals surface area contributed by atoms with Crippen LogP contribution in [0.25, 0.3) is 0 Å². The maximum Gasteiger partial charge on any atom is 0.323 e. The normalized spacial score (nSPS) is 14.1. The Balaban J connectivity index is 1.83. The average Bonchev–Trinajstić information content (AvgIpc) is 3.17. The lowest BCUT2D eigenvalue weighted by atomic mass is 10.2. The number of aliphatic carboxylic acids is 1. The summed E-state index contributed by atoms with van der Waals surface area (Å²) in [5, 5.41) is 10.7. The fourth-order valence-corrected chi connectivity index (χ4v) is 3.01. The van der Waals surface area contributed by atoms with Crippen molar-refractivity contribution in [2.75, 3.05) is 13.1 Å². The molecule has 1 aliphatic carbocycles. The molecular weight excluding hydrogens is 292 g/mol. The zero-order valence-corrected chi connectivity index (χ0v) is 12.9. The van der Waals surface area contributed by atoms with Gasteiger partial charge >= 0.3 is 10.8 Å². The highest BCUT2D eigenvalue weighted by atomic mass is 32.1. The van der Waals surface area contributed by atoms with Crippen molar-refractivity contribution >= 4 is 23.2 Å². The average molecular weight is 312 g/mol. The second kappa shape index (κ2) is 6.89. The van der Waals surface area contributed by atoms with E-state index >= 15 is 0 Å². The molecule has 1 N–H and O–H groups in total. The van der Waals surface area contributed by atoms with Crippen LogP contribution in [0.5, 0.6) is 0 Å². The van der Waals surface area contributed by atoms with Gasteiger partial charge in [0, 0.05) is 30.6 Å². The van der Waals surface area contributed by atoms with Gasteiger partial charge < -0.3 is 14.6 Å². The van der Waals surface area contributed by atoms with E-state index in [2.05, 4.69) is 0 Å². The summed E-state index contributed by atoms with van der Waals surface area (Å²) in [5.74, 6) is -0.644. The Morgan fingerprint density at radius 1 is 1.48 bits per heavy atom. The number of hydrogen-bond donors (Lipinski definition) is 1. The van der Waals surface area contributed by atoms with E-state index in [1.165, 1.54) is 4.90 Å². The minimum Gasteiger partial charge on any atom is -0.480 e. The zero-order chi connectivity index (χ0) is 15.4. The maximum absolute atomic E-state index is 12.1. The molecule has 1 amide bonds. The van der Waals surface area contributed by atoms with E-state index in [9.17, 15) is 14.4 Å². The minimum atomic E-state index is -0.978. The van der Waals surface area contributed by atoms with Gasteiger partial charge in [0.25, 0.3) is 0 Å². The lowest BCUT2D eigenvalue weighted by Gasteiger charge is -2.20. The molecule has 1 heterocycles. The number of aryl methyl sites for hydroxylation is 1. The van der Waals surface area contributed by atoms with Crippen LogP contribution in [0.2, 0.25) is 0 Å². The monoisotopic (exact) mass is 312 g/mol. The standard InChI is InChI=1S/C14H20N2O4S/c1-10-9-21-14(20)16(10)6-2-3-12(17)15(8-13(18)19)7-11-4-5-11/h9,11H,2-8H2,1H3,(H,18,19). The second-order valence-electron chi connectivity index (χ2n) is 5.51. The van der Waals surface area contributed by atoms with Crippen molar-refractivity contribution < 1.29 is 14.7 Å². The first-order valence-electron chi connectivity index (χ1n) is 7.12. The number of hydrogen-bond acceptors (Lipinski definition) is 4. The summed E-state index contributed by atoms with van der Waals surface area (Å²) in [6.45, 7) is 2.68. The highest BCUT2D eigenvalue weighted by Gasteiger charge is 2.27. The zero-order valence-electron chi connectivity index (χ0n) is 12.1. The summed E-state index contributed by atoms with van der Waals surface area (Å²) in [7, 11) is 0. The van der Waals surface area contributed by atoms with E-state index in [4.69, 9.17) is 5.11 Å². The van der Waals surface area contributed by atoms with Crippen molar-refractivity contribution in [2.45, 2.75) is 39.2 Å². The molecule has 21 heavy (non-hydrogen) atoms. The van der Waals surface area contributed by atoms with E-state index in [0.29, 0.717) is 25.4 Å². The summed E-state index contributed by atoms with van der Waals surface area (Å²) in [5.41, 5.74) is 0.901. The molecule has 0 bridgehead atoms. The Hall–Kier alpha value is -1.63. The van der Waals surface area contributed by atoms with Crippen molar-refractivity contribution in [2.24, 2.45) is 5.92 Å². The number of rotatable bonds is 8. The summed E-state index contributed by atoms with van der Waals surface area (Å²) in [6, 6.07) is 0. The molecule has 0 aliphatic heterocycles. The van der Waals surface area contributed by atoms with Crippen LogP contribution in [0.4, 0.5) is 0 Å². The molecule has 1 aliphatic rings. The lowest BCUT2D eigenvalue weighted by Crippen LogP contribution is -2.37. The molecule has 1 aromatic heterocycles. The highest BCUT2D eigenvalue weighted by molar-refractivity contribution is 7.07. The first kappa shape index (κ1) is 15.8. The molecule has 0 spiro atoms. The van der Waals surface area contributed by atoms with Crippen LogP contribution in [-0.4, -0.2) is 39.5 Å². The molecule has 116 valence electrons. The first-order chi connectivity index (χ1) is 9.97. The quantitative estimate of drug-likeness (QED) is 0.785. The van der Waals surface area contributed by atoms with Gasteiger partial charge in [-0.25, -0.2) is 0 Å². The van der Waals surface area contributed by atoms with Gasteiger partial charge in [0.1, 0.15) is 6.54 Å². The summed E-state index contributed by atoms with van der Waals surface area (Å²) in [6.07, 6.45) is 2.98. The smallest absolute Gasteiger partial charge is 0.323 e. The molecule has 6 nitrogen and oxygen atoms in total. The topological polar surface area (TPSA) is 79.6 Å². The number of aromatic nitrogens is 1. The van der Waals surface area contributed by atoms with Crippen LogP contribution in [0.15, 0.2) is 10.2 Å². The van der Waals surface area contributed by atoms with Crippen LogP contribution in [0.3, 0.4) is 0 Å². The fourth-order valence-electron chi connectivity index (χ4n) is 2.25. The van der Waals surface area contributed by atoms with Crippen molar-refractivity contribution in [1.29, 1.82) is 0 Å². The van der Waals surface area contributed by atoms with Crippen LogP contribution < -0.4 is 4.87 Å². The number of carbonyl (C=O) groups excluding carboxylic acids is 1. The predicted octanol–water partition coefficient (Wildman–Crippen LogP) is 1.32. The van der Waals surface area contributed by atoms with Gasteiger partial charge in [-0.3, -0.25) is 14.4 Å². The van der Waals surface area contributed by atoms with Crippen LogP contribution in [0.1, 0.15) is 31.4 Å². The van der Waals surface area contributed by atoms with Crippen molar-refractivity contribution in [1.82, 2.24) is 9.47 Å². The lowest BCUT2D eigenvalue weighted by molar-refractivity contribution is -0.144. The number of carbonyl (C=O) groups is 2. The predicted molar refractivity (Wildman–Crippen MR) is 79.5 cm³/mol. The van der Waals surface area contributed by atoms with E-state index < -0.39 is 5.97 Å². The number of amides is 1. The Morgan fingerprint density at radius 3 is 2.71 bits per heavy atom. The van der Waals surface area contributed by atoms with Crippen molar-refractivity contribution in [3.05, 3.63) is 20.7 Å². The van der Waals surface area contributed by atoms with Gasteiger partial charge in [-0.1, -0.05) is 11.3 Å².